The van der Waals surface area contributed by atoms with E-state index in [1.165, 1.54) is 0 Å². The lowest BCUT2D eigenvalue weighted by atomic mass is 10.1. The molecule has 0 radical (unpaired) electrons. The Hall–Kier alpha value is -0.790. The molecule has 1 saturated carbocycles. The summed E-state index contributed by atoms with van der Waals surface area (Å²) in [7, 11) is 0. The second kappa shape index (κ2) is 2.21. The molecule has 0 aliphatic heterocycles. The summed E-state index contributed by atoms with van der Waals surface area (Å²) in [5.41, 5.74) is 0.891. The normalized spacial score (nSPS) is 17.3. The number of hydrogen-bond acceptors (Lipinski definition) is 1. The number of carboxylic acids is 1. The lowest BCUT2D eigenvalue weighted by Crippen LogP contribution is -1.97. The van der Waals surface area contributed by atoms with E-state index in [9.17, 15) is 4.79 Å². The number of rotatable bonds is 3. The fourth-order valence-corrected chi connectivity index (χ4v) is 0.830. The molecule has 1 aliphatic rings. The van der Waals surface area contributed by atoms with E-state index in [1.54, 1.807) is 0 Å². The molecule has 1 aliphatic carbocycles. The Morgan fingerprint density at radius 3 is 2.56 bits per heavy atom. The maximum Gasteiger partial charge on any atom is 0.307 e. The van der Waals surface area contributed by atoms with Crippen LogP contribution in [0.4, 0.5) is 0 Å². The van der Waals surface area contributed by atoms with Gasteiger partial charge in [-0.15, -0.1) is 0 Å². The molecule has 0 bridgehead atoms. The minimum Gasteiger partial charge on any atom is -0.481 e. The molecule has 2 nitrogen and oxygen atoms in total. The maximum atomic E-state index is 10.1. The van der Waals surface area contributed by atoms with Crippen LogP contribution in [0.1, 0.15) is 19.3 Å². The summed E-state index contributed by atoms with van der Waals surface area (Å²) in [4.78, 5) is 10.1. The van der Waals surface area contributed by atoms with Crippen molar-refractivity contribution in [2.75, 3.05) is 0 Å². The van der Waals surface area contributed by atoms with Crippen LogP contribution in [0.2, 0.25) is 0 Å². The van der Waals surface area contributed by atoms with Crippen LogP contribution in [-0.4, -0.2) is 11.1 Å². The molecular weight excluding hydrogens is 116 g/mol. The Bertz CT molecular complexity index is 145. The SMILES string of the molecule is C=C(CC(=O)O)C1CC1. The van der Waals surface area contributed by atoms with E-state index in [4.69, 9.17) is 5.11 Å². The molecule has 0 atom stereocenters. The molecule has 1 fully saturated rings. The number of carbonyl (C=O) groups is 1. The number of hydrogen-bond donors (Lipinski definition) is 1. The van der Waals surface area contributed by atoms with E-state index < -0.39 is 5.97 Å². The minimum atomic E-state index is -0.757. The Balaban J connectivity index is 2.26. The number of carboxylic acid groups (broad SMARTS) is 1. The van der Waals surface area contributed by atoms with E-state index >= 15 is 0 Å². The van der Waals surface area contributed by atoms with E-state index in [0.717, 1.165) is 18.4 Å². The van der Waals surface area contributed by atoms with Gasteiger partial charge >= 0.3 is 5.97 Å². The second-order valence-corrected chi connectivity index (χ2v) is 2.50. The van der Waals surface area contributed by atoms with Gasteiger partial charge in [0.05, 0.1) is 6.42 Å². The molecule has 0 amide bonds. The van der Waals surface area contributed by atoms with Gasteiger partial charge in [-0.2, -0.15) is 0 Å². The lowest BCUT2D eigenvalue weighted by molar-refractivity contribution is -0.136. The quantitative estimate of drug-likeness (QED) is 0.581. The summed E-state index contributed by atoms with van der Waals surface area (Å²) >= 11 is 0. The zero-order valence-electron chi connectivity index (χ0n) is 5.26. The predicted molar refractivity (Wildman–Crippen MR) is 34.1 cm³/mol. The highest BCUT2D eigenvalue weighted by Crippen LogP contribution is 2.36. The van der Waals surface area contributed by atoms with Gasteiger partial charge in [-0.3, -0.25) is 4.79 Å². The van der Waals surface area contributed by atoms with Gasteiger partial charge in [-0.05, 0) is 18.8 Å². The first-order valence-electron chi connectivity index (χ1n) is 3.09. The molecule has 1 N–H and O–H groups in total. The van der Waals surface area contributed by atoms with Crippen molar-refractivity contribution in [2.24, 2.45) is 5.92 Å². The van der Waals surface area contributed by atoms with Crippen molar-refractivity contribution in [3.05, 3.63) is 12.2 Å². The molecule has 0 aromatic rings. The van der Waals surface area contributed by atoms with Gasteiger partial charge in [0.15, 0.2) is 0 Å². The van der Waals surface area contributed by atoms with E-state index in [0.29, 0.717) is 5.92 Å². The molecule has 50 valence electrons. The van der Waals surface area contributed by atoms with Gasteiger partial charge in [-0.1, -0.05) is 12.2 Å². The smallest absolute Gasteiger partial charge is 0.307 e. The van der Waals surface area contributed by atoms with Crippen LogP contribution in [0.25, 0.3) is 0 Å². The topological polar surface area (TPSA) is 37.3 Å². The third kappa shape index (κ3) is 1.88. The van der Waals surface area contributed by atoms with E-state index in [2.05, 4.69) is 6.58 Å². The molecule has 0 heterocycles. The van der Waals surface area contributed by atoms with Crippen LogP contribution < -0.4 is 0 Å². The van der Waals surface area contributed by atoms with Crippen LogP contribution in [0.5, 0.6) is 0 Å². The largest absolute Gasteiger partial charge is 0.481 e. The second-order valence-electron chi connectivity index (χ2n) is 2.50. The van der Waals surface area contributed by atoms with Crippen LogP contribution in [0, 0.1) is 5.92 Å². The average molecular weight is 126 g/mol. The third-order valence-corrected chi connectivity index (χ3v) is 1.53. The standard InChI is InChI=1S/C7H10O2/c1-5(4-7(8)9)6-2-3-6/h6H,1-4H2,(H,8,9). The van der Waals surface area contributed by atoms with Gasteiger partial charge in [0.1, 0.15) is 0 Å². The fraction of sp³-hybridized carbons (Fsp3) is 0.571. The summed E-state index contributed by atoms with van der Waals surface area (Å²) in [6.07, 6.45) is 2.45. The highest BCUT2D eigenvalue weighted by atomic mass is 16.4. The summed E-state index contributed by atoms with van der Waals surface area (Å²) in [5, 5.41) is 8.30. The molecule has 0 spiro atoms. The molecule has 2 heteroatoms. The molecular formula is C7H10O2. The Morgan fingerprint density at radius 2 is 2.22 bits per heavy atom. The molecule has 0 aromatic carbocycles. The van der Waals surface area contributed by atoms with Crippen molar-refractivity contribution in [1.29, 1.82) is 0 Å². The first-order valence-corrected chi connectivity index (χ1v) is 3.09. The zero-order valence-corrected chi connectivity index (χ0v) is 5.26. The average Bonchev–Trinajstić information content (AvgIpc) is 2.40. The van der Waals surface area contributed by atoms with Gasteiger partial charge < -0.3 is 5.11 Å². The van der Waals surface area contributed by atoms with Crippen molar-refractivity contribution in [3.63, 3.8) is 0 Å². The van der Waals surface area contributed by atoms with Crippen LogP contribution in [0.3, 0.4) is 0 Å². The molecule has 0 unspecified atom stereocenters. The zero-order chi connectivity index (χ0) is 6.85. The Morgan fingerprint density at radius 1 is 1.67 bits per heavy atom. The maximum absolute atomic E-state index is 10.1. The predicted octanol–water partition coefficient (Wildman–Crippen LogP) is 1.43. The summed E-state index contributed by atoms with van der Waals surface area (Å²) < 4.78 is 0. The van der Waals surface area contributed by atoms with Gasteiger partial charge in [0, 0.05) is 0 Å². The molecule has 9 heavy (non-hydrogen) atoms. The number of aliphatic carboxylic acids is 1. The molecule has 0 aromatic heterocycles. The van der Waals surface area contributed by atoms with Gasteiger partial charge in [0.25, 0.3) is 0 Å². The van der Waals surface area contributed by atoms with Crippen LogP contribution >= 0.6 is 0 Å². The van der Waals surface area contributed by atoms with Gasteiger partial charge in [-0.25, -0.2) is 0 Å². The lowest BCUT2D eigenvalue weighted by Gasteiger charge is -1.95. The molecule has 1 rings (SSSR count). The minimum absolute atomic E-state index is 0.157. The summed E-state index contributed by atoms with van der Waals surface area (Å²) in [6.45, 7) is 3.68. The van der Waals surface area contributed by atoms with Crippen molar-refractivity contribution in [1.82, 2.24) is 0 Å². The van der Waals surface area contributed by atoms with Crippen LogP contribution in [0.15, 0.2) is 12.2 Å². The third-order valence-electron chi connectivity index (χ3n) is 1.53. The van der Waals surface area contributed by atoms with Crippen LogP contribution in [-0.2, 0) is 4.79 Å². The first kappa shape index (κ1) is 6.33. The summed E-state index contributed by atoms with van der Waals surface area (Å²) in [5.74, 6) is -0.229. The Kier molecular flexibility index (Phi) is 1.56. The van der Waals surface area contributed by atoms with Crippen molar-refractivity contribution in [2.45, 2.75) is 19.3 Å². The monoisotopic (exact) mass is 126 g/mol. The van der Waals surface area contributed by atoms with Gasteiger partial charge in [0.2, 0.25) is 0 Å². The van der Waals surface area contributed by atoms with E-state index in [-0.39, 0.29) is 6.42 Å². The first-order chi connectivity index (χ1) is 4.20. The van der Waals surface area contributed by atoms with Crippen molar-refractivity contribution < 1.29 is 9.90 Å². The highest BCUT2D eigenvalue weighted by molar-refractivity contribution is 5.70. The van der Waals surface area contributed by atoms with E-state index in [1.807, 2.05) is 0 Å². The summed E-state index contributed by atoms with van der Waals surface area (Å²) in [6, 6.07) is 0. The van der Waals surface area contributed by atoms with Crippen molar-refractivity contribution >= 4 is 5.97 Å². The highest BCUT2D eigenvalue weighted by Gasteiger charge is 2.25. The molecule has 0 saturated heterocycles. The van der Waals surface area contributed by atoms with Crippen molar-refractivity contribution in [3.8, 4) is 0 Å². The fourth-order valence-electron chi connectivity index (χ4n) is 0.830. The Labute approximate surface area is 54.2 Å².